The molecule has 0 fully saturated rings. The van der Waals surface area contributed by atoms with Crippen LogP contribution in [-0.4, -0.2) is 31.6 Å². The SMILES string of the molecule is O=C(COC(=O)c1ccccc1OCc1ccccc1)c1ccc2c(c1)OCCO2. The monoisotopic (exact) mass is 404 g/mol. The normalized spacial score (nSPS) is 12.1. The topological polar surface area (TPSA) is 71.1 Å². The summed E-state index contributed by atoms with van der Waals surface area (Å²) in [6, 6.07) is 21.3. The Morgan fingerprint density at radius 3 is 2.40 bits per heavy atom. The van der Waals surface area contributed by atoms with Crippen molar-refractivity contribution >= 4 is 11.8 Å². The van der Waals surface area contributed by atoms with Gasteiger partial charge < -0.3 is 18.9 Å². The fourth-order valence-electron chi connectivity index (χ4n) is 3.01. The summed E-state index contributed by atoms with van der Waals surface area (Å²) in [5, 5.41) is 0. The van der Waals surface area contributed by atoms with Gasteiger partial charge >= 0.3 is 5.97 Å². The number of hydrogen-bond donors (Lipinski definition) is 0. The fourth-order valence-corrected chi connectivity index (χ4v) is 3.01. The van der Waals surface area contributed by atoms with Crippen LogP contribution in [0.4, 0.5) is 0 Å². The third kappa shape index (κ3) is 4.60. The molecule has 6 heteroatoms. The van der Waals surface area contributed by atoms with Gasteiger partial charge in [0.15, 0.2) is 23.9 Å². The van der Waals surface area contributed by atoms with Crippen LogP contribution < -0.4 is 14.2 Å². The summed E-state index contributed by atoms with van der Waals surface area (Å²) in [5.74, 6) is 0.558. The van der Waals surface area contributed by atoms with Crippen LogP contribution in [0.25, 0.3) is 0 Å². The highest BCUT2D eigenvalue weighted by molar-refractivity contribution is 6.00. The molecule has 152 valence electrons. The Hall–Kier alpha value is -3.80. The lowest BCUT2D eigenvalue weighted by Crippen LogP contribution is -2.17. The molecule has 0 unspecified atom stereocenters. The largest absolute Gasteiger partial charge is 0.488 e. The van der Waals surface area contributed by atoms with Gasteiger partial charge in [0.05, 0.1) is 0 Å². The number of ether oxygens (including phenoxy) is 4. The number of ketones is 1. The summed E-state index contributed by atoms with van der Waals surface area (Å²) in [5.41, 5.74) is 1.64. The molecule has 0 aliphatic carbocycles. The van der Waals surface area contributed by atoms with Crippen LogP contribution in [0.15, 0.2) is 72.8 Å². The summed E-state index contributed by atoms with van der Waals surface area (Å²) in [7, 11) is 0. The first-order valence-electron chi connectivity index (χ1n) is 9.56. The maximum atomic E-state index is 12.5. The molecule has 0 spiro atoms. The zero-order chi connectivity index (χ0) is 20.8. The van der Waals surface area contributed by atoms with E-state index in [9.17, 15) is 9.59 Å². The molecule has 3 aromatic carbocycles. The van der Waals surface area contributed by atoms with Crippen molar-refractivity contribution < 1.29 is 28.5 Å². The van der Waals surface area contributed by atoms with Crippen LogP contribution in [-0.2, 0) is 11.3 Å². The highest BCUT2D eigenvalue weighted by Crippen LogP contribution is 2.31. The molecule has 1 heterocycles. The second-order valence-corrected chi connectivity index (χ2v) is 6.63. The third-order valence-corrected chi connectivity index (χ3v) is 4.54. The Morgan fingerprint density at radius 1 is 0.833 bits per heavy atom. The van der Waals surface area contributed by atoms with Crippen molar-refractivity contribution in [3.8, 4) is 17.2 Å². The second-order valence-electron chi connectivity index (χ2n) is 6.63. The molecular weight excluding hydrogens is 384 g/mol. The zero-order valence-corrected chi connectivity index (χ0v) is 16.2. The van der Waals surface area contributed by atoms with Gasteiger partial charge in [0.25, 0.3) is 0 Å². The summed E-state index contributed by atoms with van der Waals surface area (Å²) in [4.78, 5) is 25.0. The van der Waals surface area contributed by atoms with E-state index in [1.165, 1.54) is 0 Å². The lowest BCUT2D eigenvalue weighted by molar-refractivity contribution is 0.0470. The lowest BCUT2D eigenvalue weighted by atomic mass is 10.1. The van der Waals surface area contributed by atoms with Crippen molar-refractivity contribution in [1.82, 2.24) is 0 Å². The molecule has 4 rings (SSSR count). The van der Waals surface area contributed by atoms with Crippen LogP contribution in [0.2, 0.25) is 0 Å². The predicted octanol–water partition coefficient (Wildman–Crippen LogP) is 4.08. The Labute approximate surface area is 174 Å². The van der Waals surface area contributed by atoms with Crippen LogP contribution in [0.1, 0.15) is 26.3 Å². The number of rotatable bonds is 7. The molecule has 1 aliphatic rings. The third-order valence-electron chi connectivity index (χ3n) is 4.54. The predicted molar refractivity (Wildman–Crippen MR) is 109 cm³/mol. The maximum Gasteiger partial charge on any atom is 0.342 e. The number of fused-ring (bicyclic) bond motifs is 1. The zero-order valence-electron chi connectivity index (χ0n) is 16.2. The maximum absolute atomic E-state index is 12.5. The van der Waals surface area contributed by atoms with E-state index in [0.29, 0.717) is 42.6 Å². The van der Waals surface area contributed by atoms with Crippen molar-refractivity contribution in [1.29, 1.82) is 0 Å². The van der Waals surface area contributed by atoms with Gasteiger partial charge in [0, 0.05) is 5.56 Å². The Morgan fingerprint density at radius 2 is 1.57 bits per heavy atom. The van der Waals surface area contributed by atoms with Gasteiger partial charge in [0.2, 0.25) is 0 Å². The molecule has 0 bridgehead atoms. The molecule has 0 radical (unpaired) electrons. The molecule has 6 nitrogen and oxygen atoms in total. The first kappa shape index (κ1) is 19.5. The number of hydrogen-bond acceptors (Lipinski definition) is 6. The average molecular weight is 404 g/mol. The molecule has 0 aromatic heterocycles. The van der Waals surface area contributed by atoms with E-state index in [1.54, 1.807) is 42.5 Å². The molecule has 0 N–H and O–H groups in total. The second kappa shape index (κ2) is 9.13. The Kier molecular flexibility index (Phi) is 5.94. The number of carbonyl (C=O) groups excluding carboxylic acids is 2. The van der Waals surface area contributed by atoms with Gasteiger partial charge in [0.1, 0.15) is 31.1 Å². The van der Waals surface area contributed by atoms with Gasteiger partial charge in [-0.05, 0) is 35.9 Å². The van der Waals surface area contributed by atoms with Gasteiger partial charge in [-0.2, -0.15) is 0 Å². The van der Waals surface area contributed by atoms with Crippen molar-refractivity contribution in [2.45, 2.75) is 6.61 Å². The van der Waals surface area contributed by atoms with Crippen molar-refractivity contribution in [2.75, 3.05) is 19.8 Å². The molecule has 0 amide bonds. The van der Waals surface area contributed by atoms with E-state index in [2.05, 4.69) is 0 Å². The van der Waals surface area contributed by atoms with Gasteiger partial charge in [-0.25, -0.2) is 4.79 Å². The van der Waals surface area contributed by atoms with Crippen LogP contribution in [0.3, 0.4) is 0 Å². The summed E-state index contributed by atoms with van der Waals surface area (Å²) in [6.45, 7) is 0.843. The van der Waals surface area contributed by atoms with E-state index in [1.807, 2.05) is 30.3 Å². The van der Waals surface area contributed by atoms with Crippen LogP contribution in [0.5, 0.6) is 17.2 Å². The molecule has 0 saturated carbocycles. The number of Topliss-reactive ketones (excluding diaryl/α,β-unsaturated/α-hetero) is 1. The molecule has 30 heavy (non-hydrogen) atoms. The van der Waals surface area contributed by atoms with E-state index in [-0.39, 0.29) is 18.0 Å². The van der Waals surface area contributed by atoms with Crippen LogP contribution in [0, 0.1) is 0 Å². The number of benzene rings is 3. The van der Waals surface area contributed by atoms with E-state index in [0.717, 1.165) is 5.56 Å². The minimum Gasteiger partial charge on any atom is -0.488 e. The number of esters is 1. The van der Waals surface area contributed by atoms with E-state index >= 15 is 0 Å². The van der Waals surface area contributed by atoms with E-state index in [4.69, 9.17) is 18.9 Å². The lowest BCUT2D eigenvalue weighted by Gasteiger charge is -2.18. The molecule has 1 aliphatic heterocycles. The highest BCUT2D eigenvalue weighted by Gasteiger charge is 2.18. The minimum absolute atomic E-state index is 0.267. The smallest absolute Gasteiger partial charge is 0.342 e. The number of carbonyl (C=O) groups is 2. The average Bonchev–Trinajstić information content (AvgIpc) is 2.81. The summed E-state index contributed by atoms with van der Waals surface area (Å²) in [6.07, 6.45) is 0. The summed E-state index contributed by atoms with van der Waals surface area (Å²) >= 11 is 0. The Bertz CT molecular complexity index is 1040. The molecule has 0 atom stereocenters. The standard InChI is InChI=1S/C24H20O6/c25-20(18-10-11-22-23(14-18)28-13-12-27-22)16-30-24(26)19-8-4-5-9-21(19)29-15-17-6-2-1-3-7-17/h1-11,14H,12-13,15-16H2. The highest BCUT2D eigenvalue weighted by atomic mass is 16.6. The molecule has 3 aromatic rings. The number of para-hydroxylation sites is 1. The van der Waals surface area contributed by atoms with Gasteiger partial charge in [-0.1, -0.05) is 42.5 Å². The first-order valence-corrected chi connectivity index (χ1v) is 9.56. The van der Waals surface area contributed by atoms with Gasteiger partial charge in [-0.3, -0.25) is 4.79 Å². The molecule has 0 saturated heterocycles. The Balaban J connectivity index is 1.39. The van der Waals surface area contributed by atoms with Crippen LogP contribution >= 0.6 is 0 Å². The minimum atomic E-state index is -0.621. The van der Waals surface area contributed by atoms with E-state index < -0.39 is 5.97 Å². The first-order chi connectivity index (χ1) is 14.7. The quantitative estimate of drug-likeness (QED) is 0.437. The van der Waals surface area contributed by atoms with Gasteiger partial charge in [-0.15, -0.1) is 0 Å². The summed E-state index contributed by atoms with van der Waals surface area (Å²) < 4.78 is 22.0. The van der Waals surface area contributed by atoms with Crippen molar-refractivity contribution in [3.63, 3.8) is 0 Å². The fraction of sp³-hybridized carbons (Fsp3) is 0.167. The van der Waals surface area contributed by atoms with Crippen molar-refractivity contribution in [3.05, 3.63) is 89.5 Å². The van der Waals surface area contributed by atoms with Crippen molar-refractivity contribution in [2.24, 2.45) is 0 Å². The molecular formula is C24H20O6.